The summed E-state index contributed by atoms with van der Waals surface area (Å²) in [5.41, 5.74) is 7.10. The van der Waals surface area contributed by atoms with Crippen molar-refractivity contribution in [2.45, 2.75) is 13.5 Å². The first-order valence-electron chi connectivity index (χ1n) is 6.60. The largest absolute Gasteiger partial charge is 0.389 e. The summed E-state index contributed by atoms with van der Waals surface area (Å²) in [6.45, 7) is 2.99. The maximum absolute atomic E-state index is 14.3. The maximum Gasteiger partial charge on any atom is 0.138 e. The molecule has 0 amide bonds. The van der Waals surface area contributed by atoms with Gasteiger partial charge in [-0.25, -0.2) is 8.78 Å². The van der Waals surface area contributed by atoms with Crippen LogP contribution in [0.15, 0.2) is 42.5 Å². The Morgan fingerprint density at radius 2 is 1.81 bits per heavy atom. The minimum atomic E-state index is -0.398. The quantitative estimate of drug-likeness (QED) is 0.855. The third-order valence-corrected chi connectivity index (χ3v) is 3.50. The van der Waals surface area contributed by atoms with Crippen LogP contribution < -0.4 is 10.6 Å². The third kappa shape index (κ3) is 3.55. The molecule has 0 bridgehead atoms. The molecule has 0 saturated heterocycles. The fraction of sp³-hybridized carbons (Fsp3) is 0.188. The van der Waals surface area contributed by atoms with Gasteiger partial charge in [0.25, 0.3) is 0 Å². The first-order chi connectivity index (χ1) is 10.0. The Morgan fingerprint density at radius 1 is 1.14 bits per heavy atom. The van der Waals surface area contributed by atoms with Gasteiger partial charge in [-0.15, -0.1) is 0 Å². The number of thiocarbonyl (C=S) groups is 1. The highest BCUT2D eigenvalue weighted by Crippen LogP contribution is 2.20. The van der Waals surface area contributed by atoms with Crippen molar-refractivity contribution < 1.29 is 8.78 Å². The molecule has 0 saturated carbocycles. The number of rotatable bonds is 5. The topological polar surface area (TPSA) is 29.3 Å². The summed E-state index contributed by atoms with van der Waals surface area (Å²) in [6.07, 6.45) is 0. The molecule has 0 heterocycles. The van der Waals surface area contributed by atoms with Crippen LogP contribution in [-0.4, -0.2) is 11.5 Å². The van der Waals surface area contributed by atoms with E-state index in [0.717, 1.165) is 5.69 Å². The Labute approximate surface area is 128 Å². The second kappa shape index (κ2) is 6.63. The van der Waals surface area contributed by atoms with Gasteiger partial charge in [0.2, 0.25) is 0 Å². The molecule has 0 radical (unpaired) electrons. The molecule has 21 heavy (non-hydrogen) atoms. The molecule has 0 atom stereocenters. The second-order valence-electron chi connectivity index (χ2n) is 4.63. The van der Waals surface area contributed by atoms with Gasteiger partial charge < -0.3 is 10.6 Å². The van der Waals surface area contributed by atoms with Crippen LogP contribution in [0.4, 0.5) is 14.5 Å². The molecule has 0 aliphatic heterocycles. The lowest BCUT2D eigenvalue weighted by Crippen LogP contribution is -2.23. The number of nitrogens with zero attached hydrogens (tertiary/aromatic N) is 1. The molecule has 2 N–H and O–H groups in total. The van der Waals surface area contributed by atoms with Crippen molar-refractivity contribution >= 4 is 22.9 Å². The standard InChI is InChI=1S/C16H16F2N2S/c1-2-20(13-8-6-12(17)7-9-13)10-11-4-3-5-14(15(11)18)16(19)21/h3-9H,2,10H2,1H3,(H2,19,21). The third-order valence-electron chi connectivity index (χ3n) is 3.28. The normalized spacial score (nSPS) is 10.4. The molecule has 0 fully saturated rings. The van der Waals surface area contributed by atoms with E-state index in [9.17, 15) is 8.78 Å². The predicted octanol–water partition coefficient (Wildman–Crippen LogP) is 3.63. The Bertz CT molecular complexity index is 641. The molecule has 0 spiro atoms. The zero-order chi connectivity index (χ0) is 15.4. The average Bonchev–Trinajstić information content (AvgIpc) is 2.47. The maximum atomic E-state index is 14.3. The van der Waals surface area contributed by atoms with E-state index in [1.54, 1.807) is 30.3 Å². The number of benzene rings is 2. The van der Waals surface area contributed by atoms with Crippen molar-refractivity contribution in [1.29, 1.82) is 0 Å². The van der Waals surface area contributed by atoms with Crippen LogP contribution in [0.3, 0.4) is 0 Å². The van der Waals surface area contributed by atoms with Crippen LogP contribution >= 0.6 is 12.2 Å². The van der Waals surface area contributed by atoms with Gasteiger partial charge in [0.15, 0.2) is 0 Å². The Balaban J connectivity index is 2.29. The molecule has 0 aromatic heterocycles. The summed E-state index contributed by atoms with van der Waals surface area (Å²) < 4.78 is 27.3. The van der Waals surface area contributed by atoms with Gasteiger partial charge in [-0.05, 0) is 37.3 Å². The number of anilines is 1. The van der Waals surface area contributed by atoms with Gasteiger partial charge in [0, 0.05) is 29.9 Å². The molecule has 0 aliphatic rings. The number of nitrogens with two attached hydrogens (primary N) is 1. The van der Waals surface area contributed by atoms with E-state index in [1.807, 2.05) is 11.8 Å². The zero-order valence-electron chi connectivity index (χ0n) is 11.6. The highest BCUT2D eigenvalue weighted by molar-refractivity contribution is 7.80. The first-order valence-corrected chi connectivity index (χ1v) is 7.01. The molecule has 2 aromatic rings. The lowest BCUT2D eigenvalue weighted by Gasteiger charge is -2.24. The summed E-state index contributed by atoms with van der Waals surface area (Å²) in [7, 11) is 0. The minimum Gasteiger partial charge on any atom is -0.389 e. The average molecular weight is 306 g/mol. The monoisotopic (exact) mass is 306 g/mol. The molecule has 2 rings (SSSR count). The van der Waals surface area contributed by atoms with Gasteiger partial charge in [0.05, 0.1) is 0 Å². The predicted molar refractivity (Wildman–Crippen MR) is 85.4 cm³/mol. The molecule has 0 aliphatic carbocycles. The molecular formula is C16H16F2N2S. The van der Waals surface area contributed by atoms with Crippen LogP contribution in [0.25, 0.3) is 0 Å². The lowest BCUT2D eigenvalue weighted by atomic mass is 10.1. The summed E-state index contributed by atoms with van der Waals surface area (Å²) in [5, 5.41) is 0. The van der Waals surface area contributed by atoms with Gasteiger partial charge in [-0.1, -0.05) is 24.4 Å². The Hall–Kier alpha value is -2.01. The van der Waals surface area contributed by atoms with Crippen molar-refractivity contribution in [1.82, 2.24) is 0 Å². The van der Waals surface area contributed by atoms with Gasteiger partial charge in [-0.2, -0.15) is 0 Å². The SMILES string of the molecule is CCN(Cc1cccc(C(N)=S)c1F)c1ccc(F)cc1. The van der Waals surface area contributed by atoms with Crippen molar-refractivity contribution in [3.05, 3.63) is 65.2 Å². The van der Waals surface area contributed by atoms with E-state index in [0.29, 0.717) is 18.7 Å². The van der Waals surface area contributed by atoms with Gasteiger partial charge in [0.1, 0.15) is 16.6 Å². The van der Waals surface area contributed by atoms with E-state index >= 15 is 0 Å². The van der Waals surface area contributed by atoms with Crippen LogP contribution in [0.2, 0.25) is 0 Å². The van der Waals surface area contributed by atoms with Crippen LogP contribution in [0.5, 0.6) is 0 Å². The molecule has 5 heteroatoms. The highest BCUT2D eigenvalue weighted by atomic mass is 32.1. The summed E-state index contributed by atoms with van der Waals surface area (Å²) in [4.78, 5) is 1.99. The Kier molecular flexibility index (Phi) is 4.85. The van der Waals surface area contributed by atoms with Crippen LogP contribution in [0, 0.1) is 11.6 Å². The molecule has 0 unspecified atom stereocenters. The fourth-order valence-corrected chi connectivity index (χ4v) is 2.29. The van der Waals surface area contributed by atoms with E-state index in [4.69, 9.17) is 18.0 Å². The first kappa shape index (κ1) is 15.4. The van der Waals surface area contributed by atoms with Crippen LogP contribution in [0.1, 0.15) is 18.1 Å². The lowest BCUT2D eigenvalue weighted by molar-refractivity contribution is 0.602. The van der Waals surface area contributed by atoms with Crippen molar-refractivity contribution in [2.24, 2.45) is 5.73 Å². The zero-order valence-corrected chi connectivity index (χ0v) is 12.5. The summed E-state index contributed by atoms with van der Waals surface area (Å²) in [6, 6.07) is 11.1. The highest BCUT2D eigenvalue weighted by Gasteiger charge is 2.13. The number of hydrogen-bond donors (Lipinski definition) is 1. The smallest absolute Gasteiger partial charge is 0.138 e. The molecular weight excluding hydrogens is 290 g/mol. The number of halogens is 2. The molecule has 110 valence electrons. The van der Waals surface area contributed by atoms with E-state index in [1.165, 1.54) is 12.1 Å². The molecule has 2 nitrogen and oxygen atoms in total. The van der Waals surface area contributed by atoms with Crippen molar-refractivity contribution in [2.75, 3.05) is 11.4 Å². The Morgan fingerprint density at radius 3 is 2.38 bits per heavy atom. The summed E-state index contributed by atoms with van der Waals surface area (Å²) in [5.74, 6) is -0.693. The van der Waals surface area contributed by atoms with E-state index < -0.39 is 5.82 Å². The number of hydrogen-bond acceptors (Lipinski definition) is 2. The molecule has 2 aromatic carbocycles. The van der Waals surface area contributed by atoms with Crippen LogP contribution in [-0.2, 0) is 6.54 Å². The minimum absolute atomic E-state index is 0.0409. The van der Waals surface area contributed by atoms with Gasteiger partial charge in [-0.3, -0.25) is 0 Å². The van der Waals surface area contributed by atoms with Gasteiger partial charge >= 0.3 is 0 Å². The summed E-state index contributed by atoms with van der Waals surface area (Å²) >= 11 is 4.84. The fourth-order valence-electron chi connectivity index (χ4n) is 2.14. The van der Waals surface area contributed by atoms with Crippen molar-refractivity contribution in [3.8, 4) is 0 Å². The van der Waals surface area contributed by atoms with E-state index in [-0.39, 0.29) is 16.4 Å². The second-order valence-corrected chi connectivity index (χ2v) is 5.07. The van der Waals surface area contributed by atoms with E-state index in [2.05, 4.69) is 0 Å². The van der Waals surface area contributed by atoms with Crippen molar-refractivity contribution in [3.63, 3.8) is 0 Å².